The molecule has 0 aliphatic heterocycles. The van der Waals surface area contributed by atoms with E-state index in [-0.39, 0.29) is 0 Å². The Bertz CT molecular complexity index is 548. The molecule has 106 valence electrons. The monoisotopic (exact) mass is 271 g/mol. The topological polar surface area (TPSA) is 38.1 Å². The zero-order chi connectivity index (χ0) is 14.4. The molecule has 0 aliphatic rings. The van der Waals surface area contributed by atoms with Crippen molar-refractivity contribution in [2.45, 2.75) is 33.4 Å². The first kappa shape index (κ1) is 14.3. The number of aromatic nitrogens is 2. The number of hydrogen-bond donors (Lipinski definition) is 0. The number of carbonyl (C=O) groups excluding carboxylic acids is 1. The van der Waals surface area contributed by atoms with Crippen molar-refractivity contribution >= 4 is 6.41 Å². The van der Waals surface area contributed by atoms with Crippen LogP contribution in [0.1, 0.15) is 23.5 Å². The quantitative estimate of drug-likeness (QED) is 0.726. The van der Waals surface area contributed by atoms with Gasteiger partial charge in [-0.05, 0) is 25.8 Å². The molecule has 1 amide bonds. The Hall–Kier alpha value is -2.10. The van der Waals surface area contributed by atoms with Gasteiger partial charge >= 0.3 is 0 Å². The van der Waals surface area contributed by atoms with Crippen molar-refractivity contribution in [1.82, 2.24) is 14.5 Å². The van der Waals surface area contributed by atoms with Crippen LogP contribution < -0.4 is 0 Å². The highest BCUT2D eigenvalue weighted by Gasteiger charge is 2.04. The summed E-state index contributed by atoms with van der Waals surface area (Å²) in [6.07, 6.45) is 3.92. The molecule has 4 nitrogen and oxygen atoms in total. The van der Waals surface area contributed by atoms with Crippen LogP contribution in [0.4, 0.5) is 0 Å². The van der Waals surface area contributed by atoms with Crippen LogP contribution in [0.15, 0.2) is 36.5 Å². The van der Waals surface area contributed by atoms with Gasteiger partial charge in [-0.3, -0.25) is 4.79 Å². The second-order valence-electron chi connectivity index (χ2n) is 5.04. The number of rotatable bonds is 7. The summed E-state index contributed by atoms with van der Waals surface area (Å²) in [5.74, 6) is 1.03. The summed E-state index contributed by atoms with van der Waals surface area (Å²) in [5, 5.41) is 0. The molecular weight excluding hydrogens is 250 g/mol. The first-order chi connectivity index (χ1) is 9.69. The standard InChI is InChI=1S/C16H21N3O/c1-14-11-19(15(2)17-14)10-6-9-18(13-20)12-16-7-4-3-5-8-16/h3-5,7-8,11,13H,6,9-10,12H2,1-2H3. The van der Waals surface area contributed by atoms with Crippen molar-refractivity contribution in [3.8, 4) is 0 Å². The second kappa shape index (κ2) is 6.89. The summed E-state index contributed by atoms with van der Waals surface area (Å²) in [4.78, 5) is 17.3. The maximum Gasteiger partial charge on any atom is 0.210 e. The molecule has 0 radical (unpaired) electrons. The molecule has 0 atom stereocenters. The molecule has 0 spiro atoms. The van der Waals surface area contributed by atoms with Gasteiger partial charge in [0.05, 0.1) is 5.69 Å². The predicted molar refractivity (Wildman–Crippen MR) is 79.2 cm³/mol. The van der Waals surface area contributed by atoms with Gasteiger partial charge in [-0.1, -0.05) is 30.3 Å². The molecule has 0 N–H and O–H groups in total. The molecule has 1 heterocycles. The van der Waals surface area contributed by atoms with Crippen LogP contribution >= 0.6 is 0 Å². The average molecular weight is 271 g/mol. The number of amides is 1. The third kappa shape index (κ3) is 3.95. The number of hydrogen-bond acceptors (Lipinski definition) is 2. The van der Waals surface area contributed by atoms with Gasteiger partial charge in [0.1, 0.15) is 5.82 Å². The summed E-state index contributed by atoms with van der Waals surface area (Å²) in [7, 11) is 0. The van der Waals surface area contributed by atoms with Gasteiger partial charge in [0.25, 0.3) is 0 Å². The smallest absolute Gasteiger partial charge is 0.210 e. The van der Waals surface area contributed by atoms with Gasteiger partial charge in [0, 0.05) is 25.8 Å². The van der Waals surface area contributed by atoms with Gasteiger partial charge in [-0.15, -0.1) is 0 Å². The Morgan fingerprint density at radius 3 is 2.60 bits per heavy atom. The van der Waals surface area contributed by atoms with E-state index in [0.717, 1.165) is 43.0 Å². The fourth-order valence-electron chi connectivity index (χ4n) is 2.32. The SMILES string of the molecule is Cc1cn(CCCN(C=O)Cc2ccccc2)c(C)n1. The minimum Gasteiger partial charge on any atom is -0.341 e. The van der Waals surface area contributed by atoms with E-state index < -0.39 is 0 Å². The summed E-state index contributed by atoms with van der Waals surface area (Å²) in [6.45, 7) is 6.33. The average Bonchev–Trinajstić information content (AvgIpc) is 2.77. The van der Waals surface area contributed by atoms with Crippen molar-refractivity contribution in [2.75, 3.05) is 6.54 Å². The van der Waals surface area contributed by atoms with E-state index in [1.165, 1.54) is 0 Å². The summed E-state index contributed by atoms with van der Waals surface area (Å²) in [6, 6.07) is 10.1. The number of aryl methyl sites for hydroxylation is 3. The highest BCUT2D eigenvalue weighted by atomic mass is 16.1. The molecule has 0 aliphatic carbocycles. The molecule has 2 aromatic rings. The lowest BCUT2D eigenvalue weighted by Gasteiger charge is -2.17. The third-order valence-corrected chi connectivity index (χ3v) is 3.32. The fraction of sp³-hybridized carbons (Fsp3) is 0.375. The summed E-state index contributed by atoms with van der Waals surface area (Å²) >= 11 is 0. The molecular formula is C16H21N3O. The minimum atomic E-state index is 0.673. The third-order valence-electron chi connectivity index (χ3n) is 3.32. The normalized spacial score (nSPS) is 10.5. The Kier molecular flexibility index (Phi) is 4.93. The highest BCUT2D eigenvalue weighted by Crippen LogP contribution is 2.06. The van der Waals surface area contributed by atoms with E-state index in [1.54, 1.807) is 0 Å². The Labute approximate surface area is 120 Å². The van der Waals surface area contributed by atoms with Gasteiger partial charge < -0.3 is 9.47 Å². The largest absolute Gasteiger partial charge is 0.341 e. The molecule has 2 rings (SSSR count). The summed E-state index contributed by atoms with van der Waals surface area (Å²) in [5.41, 5.74) is 2.20. The first-order valence-electron chi connectivity index (χ1n) is 6.92. The molecule has 0 unspecified atom stereocenters. The van der Waals surface area contributed by atoms with E-state index in [0.29, 0.717) is 6.54 Å². The van der Waals surface area contributed by atoms with Crippen LogP contribution in [-0.4, -0.2) is 27.4 Å². The molecule has 1 aromatic carbocycles. The van der Waals surface area contributed by atoms with Crippen molar-refractivity contribution in [3.05, 3.63) is 53.6 Å². The molecule has 0 bridgehead atoms. The molecule has 0 saturated carbocycles. The zero-order valence-corrected chi connectivity index (χ0v) is 12.1. The lowest BCUT2D eigenvalue weighted by molar-refractivity contribution is -0.118. The van der Waals surface area contributed by atoms with Crippen molar-refractivity contribution in [3.63, 3.8) is 0 Å². The number of imidazole rings is 1. The molecule has 20 heavy (non-hydrogen) atoms. The van der Waals surface area contributed by atoms with Crippen LogP contribution in [0.5, 0.6) is 0 Å². The summed E-state index contributed by atoms with van der Waals surface area (Å²) < 4.78 is 2.14. The maximum absolute atomic E-state index is 11.1. The Morgan fingerprint density at radius 2 is 2.00 bits per heavy atom. The molecule has 0 fully saturated rings. The number of carbonyl (C=O) groups is 1. The van der Waals surface area contributed by atoms with Crippen LogP contribution in [0.2, 0.25) is 0 Å². The maximum atomic E-state index is 11.1. The molecule has 0 saturated heterocycles. The fourth-order valence-corrected chi connectivity index (χ4v) is 2.32. The van der Waals surface area contributed by atoms with Crippen molar-refractivity contribution in [1.29, 1.82) is 0 Å². The van der Waals surface area contributed by atoms with Crippen LogP contribution in [0, 0.1) is 13.8 Å². The van der Waals surface area contributed by atoms with Crippen molar-refractivity contribution < 1.29 is 4.79 Å². The Balaban J connectivity index is 1.82. The molecule has 4 heteroatoms. The zero-order valence-electron chi connectivity index (χ0n) is 12.1. The second-order valence-corrected chi connectivity index (χ2v) is 5.04. The van der Waals surface area contributed by atoms with E-state index in [9.17, 15) is 4.79 Å². The van der Waals surface area contributed by atoms with E-state index in [2.05, 4.69) is 15.7 Å². The van der Waals surface area contributed by atoms with Crippen molar-refractivity contribution in [2.24, 2.45) is 0 Å². The van der Waals surface area contributed by atoms with E-state index in [4.69, 9.17) is 0 Å². The van der Waals surface area contributed by atoms with Gasteiger partial charge in [0.15, 0.2) is 0 Å². The Morgan fingerprint density at radius 1 is 1.25 bits per heavy atom. The highest BCUT2D eigenvalue weighted by molar-refractivity contribution is 5.47. The lowest BCUT2D eigenvalue weighted by atomic mass is 10.2. The van der Waals surface area contributed by atoms with Crippen LogP contribution in [0.3, 0.4) is 0 Å². The number of nitrogens with zero attached hydrogens (tertiary/aromatic N) is 3. The van der Waals surface area contributed by atoms with Crippen LogP contribution in [0.25, 0.3) is 0 Å². The predicted octanol–water partition coefficient (Wildman–Crippen LogP) is 2.55. The van der Waals surface area contributed by atoms with E-state index in [1.807, 2.05) is 49.1 Å². The van der Waals surface area contributed by atoms with Gasteiger partial charge in [-0.25, -0.2) is 4.98 Å². The van der Waals surface area contributed by atoms with Crippen LogP contribution in [-0.2, 0) is 17.9 Å². The van der Waals surface area contributed by atoms with Gasteiger partial charge in [0.2, 0.25) is 6.41 Å². The molecule has 1 aromatic heterocycles. The first-order valence-corrected chi connectivity index (χ1v) is 6.92. The number of benzene rings is 1. The minimum absolute atomic E-state index is 0.673. The lowest BCUT2D eigenvalue weighted by Crippen LogP contribution is -2.23. The van der Waals surface area contributed by atoms with E-state index >= 15 is 0 Å². The van der Waals surface area contributed by atoms with Gasteiger partial charge in [-0.2, -0.15) is 0 Å².